The van der Waals surface area contributed by atoms with E-state index >= 15 is 0 Å². The molecule has 26 heavy (non-hydrogen) atoms. The SMILES string of the molecule is O=C(Nc1ccc(Cl)c(Cl)c1)C1CN(C(=O)c2c[nH]c3ccccc23)C1. The highest BCUT2D eigenvalue weighted by Crippen LogP contribution is 2.27. The molecule has 0 aliphatic carbocycles. The fourth-order valence-corrected chi connectivity index (χ4v) is 3.35. The van der Waals surface area contributed by atoms with Crippen molar-refractivity contribution in [2.24, 2.45) is 5.92 Å². The number of H-pyrrole nitrogens is 1. The zero-order valence-electron chi connectivity index (χ0n) is 13.6. The number of carbonyl (C=O) groups excluding carboxylic acids is 2. The summed E-state index contributed by atoms with van der Waals surface area (Å²) < 4.78 is 0. The topological polar surface area (TPSA) is 65.2 Å². The number of fused-ring (bicyclic) bond motifs is 1. The molecule has 5 nitrogen and oxygen atoms in total. The van der Waals surface area contributed by atoms with Crippen LogP contribution in [0.2, 0.25) is 10.0 Å². The van der Waals surface area contributed by atoms with Gasteiger partial charge >= 0.3 is 0 Å². The van der Waals surface area contributed by atoms with E-state index in [1.54, 1.807) is 29.3 Å². The second kappa shape index (κ2) is 6.67. The Labute approximate surface area is 159 Å². The first-order valence-electron chi connectivity index (χ1n) is 8.14. The summed E-state index contributed by atoms with van der Waals surface area (Å²) in [5.41, 5.74) is 2.14. The maximum absolute atomic E-state index is 12.7. The van der Waals surface area contributed by atoms with E-state index in [9.17, 15) is 9.59 Å². The van der Waals surface area contributed by atoms with Crippen LogP contribution in [0.1, 0.15) is 10.4 Å². The summed E-state index contributed by atoms with van der Waals surface area (Å²) in [6, 6.07) is 12.6. The van der Waals surface area contributed by atoms with Gasteiger partial charge in [0.1, 0.15) is 0 Å². The molecule has 4 rings (SSSR count). The molecule has 7 heteroatoms. The van der Waals surface area contributed by atoms with Crippen molar-refractivity contribution in [1.29, 1.82) is 0 Å². The van der Waals surface area contributed by atoms with Gasteiger partial charge in [-0.05, 0) is 24.3 Å². The van der Waals surface area contributed by atoms with Crippen molar-refractivity contribution in [3.05, 3.63) is 64.3 Å². The maximum Gasteiger partial charge on any atom is 0.256 e. The van der Waals surface area contributed by atoms with Crippen molar-refractivity contribution in [3.8, 4) is 0 Å². The van der Waals surface area contributed by atoms with Crippen molar-refractivity contribution in [2.75, 3.05) is 18.4 Å². The second-order valence-electron chi connectivity index (χ2n) is 6.27. The van der Waals surface area contributed by atoms with Crippen molar-refractivity contribution in [3.63, 3.8) is 0 Å². The predicted molar refractivity (Wildman–Crippen MR) is 103 cm³/mol. The van der Waals surface area contributed by atoms with Crippen molar-refractivity contribution >= 4 is 51.6 Å². The number of amides is 2. The highest BCUT2D eigenvalue weighted by molar-refractivity contribution is 6.42. The van der Waals surface area contributed by atoms with E-state index in [0.29, 0.717) is 34.4 Å². The number of nitrogens with zero attached hydrogens (tertiary/aromatic N) is 1. The average molecular weight is 388 g/mol. The van der Waals surface area contributed by atoms with Crippen LogP contribution in [0, 0.1) is 5.92 Å². The van der Waals surface area contributed by atoms with E-state index in [1.807, 2.05) is 24.3 Å². The number of nitrogens with one attached hydrogen (secondary N) is 2. The number of carbonyl (C=O) groups is 2. The van der Waals surface area contributed by atoms with E-state index in [2.05, 4.69) is 10.3 Å². The van der Waals surface area contributed by atoms with Gasteiger partial charge in [0.05, 0.1) is 21.5 Å². The molecule has 1 aromatic heterocycles. The van der Waals surface area contributed by atoms with Gasteiger partial charge in [-0.25, -0.2) is 0 Å². The summed E-state index contributed by atoms with van der Waals surface area (Å²) in [6.45, 7) is 0.789. The summed E-state index contributed by atoms with van der Waals surface area (Å²) >= 11 is 11.8. The Morgan fingerprint density at radius 1 is 1.08 bits per heavy atom. The average Bonchev–Trinajstić information content (AvgIpc) is 3.01. The molecule has 0 atom stereocenters. The number of hydrogen-bond donors (Lipinski definition) is 2. The molecular weight excluding hydrogens is 373 g/mol. The lowest BCUT2D eigenvalue weighted by molar-refractivity contribution is -0.123. The number of para-hydroxylation sites is 1. The molecule has 0 saturated carbocycles. The molecule has 1 fully saturated rings. The van der Waals surface area contributed by atoms with Crippen LogP contribution in [0.15, 0.2) is 48.7 Å². The molecule has 0 bridgehead atoms. The van der Waals surface area contributed by atoms with Gasteiger partial charge in [0.2, 0.25) is 5.91 Å². The largest absolute Gasteiger partial charge is 0.360 e. The zero-order chi connectivity index (χ0) is 18.3. The molecule has 1 saturated heterocycles. The molecular formula is C19H15Cl2N3O2. The summed E-state index contributed by atoms with van der Waals surface area (Å²) in [7, 11) is 0. The van der Waals surface area contributed by atoms with E-state index in [0.717, 1.165) is 10.9 Å². The van der Waals surface area contributed by atoms with Crippen LogP contribution in [0.4, 0.5) is 5.69 Å². The van der Waals surface area contributed by atoms with Gasteiger partial charge in [-0.3, -0.25) is 9.59 Å². The van der Waals surface area contributed by atoms with Gasteiger partial charge in [-0.1, -0.05) is 41.4 Å². The van der Waals surface area contributed by atoms with Crippen molar-refractivity contribution in [1.82, 2.24) is 9.88 Å². The van der Waals surface area contributed by atoms with E-state index in [1.165, 1.54) is 0 Å². The molecule has 0 unspecified atom stereocenters. The first kappa shape index (κ1) is 16.9. The fourth-order valence-electron chi connectivity index (χ4n) is 3.05. The highest BCUT2D eigenvalue weighted by Gasteiger charge is 2.36. The predicted octanol–water partition coefficient (Wildman–Crippen LogP) is 4.19. The quantitative estimate of drug-likeness (QED) is 0.707. The first-order chi connectivity index (χ1) is 12.5. The fraction of sp³-hybridized carbons (Fsp3) is 0.158. The molecule has 2 aromatic carbocycles. The number of aromatic nitrogens is 1. The number of hydrogen-bond acceptors (Lipinski definition) is 2. The number of benzene rings is 2. The third-order valence-corrected chi connectivity index (χ3v) is 5.29. The van der Waals surface area contributed by atoms with Gasteiger partial charge in [0, 0.05) is 35.9 Å². The molecule has 132 valence electrons. The lowest BCUT2D eigenvalue weighted by Gasteiger charge is -2.38. The van der Waals surface area contributed by atoms with E-state index in [4.69, 9.17) is 23.2 Å². The summed E-state index contributed by atoms with van der Waals surface area (Å²) in [4.78, 5) is 29.8. The Morgan fingerprint density at radius 2 is 1.85 bits per heavy atom. The monoisotopic (exact) mass is 387 g/mol. The van der Waals surface area contributed by atoms with Crippen LogP contribution in [0.25, 0.3) is 10.9 Å². The number of likely N-dealkylation sites (tertiary alicyclic amines) is 1. The minimum absolute atomic E-state index is 0.0685. The molecule has 1 aliphatic heterocycles. The van der Waals surface area contributed by atoms with Gasteiger partial charge in [0.25, 0.3) is 5.91 Å². The Morgan fingerprint density at radius 3 is 2.62 bits per heavy atom. The Hall–Kier alpha value is -2.50. The van der Waals surface area contributed by atoms with Gasteiger partial charge < -0.3 is 15.2 Å². The van der Waals surface area contributed by atoms with Crippen LogP contribution < -0.4 is 5.32 Å². The number of rotatable bonds is 3. The Balaban J connectivity index is 1.39. The van der Waals surface area contributed by atoms with Crippen LogP contribution in [-0.4, -0.2) is 34.8 Å². The van der Waals surface area contributed by atoms with Gasteiger partial charge in [-0.2, -0.15) is 0 Å². The molecule has 1 aliphatic rings. The summed E-state index contributed by atoms with van der Waals surface area (Å²) in [5.74, 6) is -0.439. The standard InChI is InChI=1S/C19H15Cl2N3O2/c20-15-6-5-12(7-16(15)21)23-18(25)11-9-24(10-11)19(26)14-8-22-17-4-2-1-3-13(14)17/h1-8,11,22H,9-10H2,(H,23,25). The lowest BCUT2D eigenvalue weighted by atomic mass is 9.97. The second-order valence-corrected chi connectivity index (χ2v) is 7.09. The molecule has 2 heterocycles. The summed E-state index contributed by atoms with van der Waals surface area (Å²) in [5, 5.41) is 4.52. The van der Waals surface area contributed by atoms with E-state index < -0.39 is 0 Å². The third-order valence-electron chi connectivity index (χ3n) is 4.55. The Kier molecular flexibility index (Phi) is 4.34. The normalized spacial score (nSPS) is 14.3. The zero-order valence-corrected chi connectivity index (χ0v) is 15.1. The molecule has 0 spiro atoms. The number of anilines is 1. The summed E-state index contributed by atoms with van der Waals surface area (Å²) in [6.07, 6.45) is 1.72. The highest BCUT2D eigenvalue weighted by atomic mass is 35.5. The minimum Gasteiger partial charge on any atom is -0.360 e. The first-order valence-corrected chi connectivity index (χ1v) is 8.90. The van der Waals surface area contributed by atoms with Gasteiger partial charge in [0.15, 0.2) is 0 Å². The van der Waals surface area contributed by atoms with Crippen molar-refractivity contribution < 1.29 is 9.59 Å². The number of aromatic amines is 1. The molecule has 2 amide bonds. The van der Waals surface area contributed by atoms with Crippen LogP contribution in [0.5, 0.6) is 0 Å². The van der Waals surface area contributed by atoms with Crippen LogP contribution in [-0.2, 0) is 4.79 Å². The maximum atomic E-state index is 12.7. The molecule has 2 N–H and O–H groups in total. The molecule has 0 radical (unpaired) electrons. The smallest absolute Gasteiger partial charge is 0.256 e. The van der Waals surface area contributed by atoms with Crippen LogP contribution >= 0.6 is 23.2 Å². The van der Waals surface area contributed by atoms with Gasteiger partial charge in [-0.15, -0.1) is 0 Å². The number of halogens is 2. The minimum atomic E-state index is -0.237. The lowest BCUT2D eigenvalue weighted by Crippen LogP contribution is -2.54. The van der Waals surface area contributed by atoms with E-state index in [-0.39, 0.29) is 17.7 Å². The third kappa shape index (κ3) is 3.04. The molecule has 3 aromatic rings. The van der Waals surface area contributed by atoms with Crippen LogP contribution in [0.3, 0.4) is 0 Å². The van der Waals surface area contributed by atoms with Crippen molar-refractivity contribution in [2.45, 2.75) is 0 Å². The Bertz CT molecular complexity index is 1010.